The van der Waals surface area contributed by atoms with Crippen LogP contribution in [0.2, 0.25) is 0 Å². The van der Waals surface area contributed by atoms with Gasteiger partial charge in [0.1, 0.15) is 0 Å². The molecule has 0 aromatic heterocycles. The molecule has 0 saturated heterocycles. The normalized spacial score (nSPS) is 11.3. The molecule has 0 N–H and O–H groups in total. The van der Waals surface area contributed by atoms with Crippen LogP contribution >= 0.6 is 0 Å². The molecule has 0 radical (unpaired) electrons. The van der Waals surface area contributed by atoms with Crippen molar-refractivity contribution >= 4 is 49.4 Å². The van der Waals surface area contributed by atoms with Gasteiger partial charge in [-0.1, -0.05) is 182 Å². The lowest BCUT2D eigenvalue weighted by molar-refractivity contribution is 1.28. The highest BCUT2D eigenvalue weighted by Gasteiger charge is 2.18. The second-order valence-corrected chi connectivity index (χ2v) is 14.1. The van der Waals surface area contributed by atoms with Gasteiger partial charge in [0.15, 0.2) is 0 Å². The molecule has 0 saturated carbocycles. The van der Waals surface area contributed by atoms with Gasteiger partial charge in [-0.05, 0) is 114 Å². The van der Waals surface area contributed by atoms with Crippen LogP contribution in [0.15, 0.2) is 224 Å². The molecule has 0 aliphatic rings. The molecule has 0 aliphatic heterocycles. The van der Waals surface area contributed by atoms with Crippen molar-refractivity contribution in [2.45, 2.75) is 0 Å². The summed E-state index contributed by atoms with van der Waals surface area (Å²) in [4.78, 5) is 2.40. The molecule has 0 unspecified atom stereocenters. The van der Waals surface area contributed by atoms with Crippen molar-refractivity contribution in [3.05, 3.63) is 224 Å². The quantitative estimate of drug-likeness (QED) is 0.150. The average Bonchev–Trinajstić information content (AvgIpc) is 3.27. The summed E-state index contributed by atoms with van der Waals surface area (Å²) in [7, 11) is 0. The van der Waals surface area contributed by atoms with Crippen LogP contribution in [0.5, 0.6) is 0 Å². The smallest absolute Gasteiger partial charge is 0.0540 e. The molecule has 1 heteroatoms. The number of anilines is 3. The zero-order valence-corrected chi connectivity index (χ0v) is 30.3. The van der Waals surface area contributed by atoms with Crippen LogP contribution in [0, 0.1) is 0 Å². The molecule has 10 aromatic rings. The highest BCUT2D eigenvalue weighted by Crippen LogP contribution is 2.43. The fourth-order valence-corrected chi connectivity index (χ4v) is 8.12. The molecular weight excluding hydrogens is 663 g/mol. The molecule has 0 amide bonds. The Balaban J connectivity index is 1.07. The van der Waals surface area contributed by atoms with Gasteiger partial charge in [0.05, 0.1) is 5.69 Å². The lowest BCUT2D eigenvalue weighted by Gasteiger charge is -2.28. The number of para-hydroxylation sites is 1. The molecule has 0 spiro atoms. The summed E-state index contributed by atoms with van der Waals surface area (Å²) in [5.41, 5.74) is 12.9. The molecule has 0 aliphatic carbocycles. The van der Waals surface area contributed by atoms with E-state index in [9.17, 15) is 0 Å². The maximum Gasteiger partial charge on any atom is 0.0540 e. The summed E-state index contributed by atoms with van der Waals surface area (Å²) in [6, 6.07) is 81.4. The van der Waals surface area contributed by atoms with E-state index in [-0.39, 0.29) is 0 Å². The van der Waals surface area contributed by atoms with Gasteiger partial charge in [-0.15, -0.1) is 0 Å². The van der Waals surface area contributed by atoms with Crippen molar-refractivity contribution in [2.24, 2.45) is 0 Å². The van der Waals surface area contributed by atoms with Crippen LogP contribution in [0.3, 0.4) is 0 Å². The van der Waals surface area contributed by atoms with E-state index in [1.165, 1.54) is 76.8 Å². The van der Waals surface area contributed by atoms with E-state index in [2.05, 4.69) is 229 Å². The number of rotatable bonds is 7. The van der Waals surface area contributed by atoms with Crippen LogP contribution in [0.1, 0.15) is 0 Å². The topological polar surface area (TPSA) is 3.24 Å². The van der Waals surface area contributed by atoms with Crippen molar-refractivity contribution in [1.82, 2.24) is 0 Å². The van der Waals surface area contributed by atoms with E-state index in [1.807, 2.05) is 0 Å². The molecule has 55 heavy (non-hydrogen) atoms. The summed E-state index contributed by atoms with van der Waals surface area (Å²) in [5, 5.41) is 7.60. The van der Waals surface area contributed by atoms with Gasteiger partial charge in [0.25, 0.3) is 0 Å². The number of nitrogens with zero attached hydrogens (tertiary/aromatic N) is 1. The summed E-state index contributed by atoms with van der Waals surface area (Å²) in [6.07, 6.45) is 0. The second-order valence-electron chi connectivity index (χ2n) is 14.1. The van der Waals surface area contributed by atoms with Gasteiger partial charge in [0.2, 0.25) is 0 Å². The largest absolute Gasteiger partial charge is 0.310 e. The molecule has 258 valence electrons. The van der Waals surface area contributed by atoms with E-state index in [0.717, 1.165) is 17.1 Å². The van der Waals surface area contributed by atoms with Crippen molar-refractivity contribution in [3.63, 3.8) is 0 Å². The molecule has 1 nitrogen and oxygen atoms in total. The summed E-state index contributed by atoms with van der Waals surface area (Å²) in [6.45, 7) is 0. The van der Waals surface area contributed by atoms with Crippen molar-refractivity contribution < 1.29 is 0 Å². The van der Waals surface area contributed by atoms with Gasteiger partial charge in [-0.3, -0.25) is 0 Å². The first kappa shape index (κ1) is 32.4. The van der Waals surface area contributed by atoms with Crippen LogP contribution < -0.4 is 4.90 Å². The Hall–Kier alpha value is -7.22. The standard InChI is InChI=1S/C54H37N/c1-2-13-40(14-3-1)53-24-8-9-26-54(53)55(47-32-29-38(30-33-47)44-31-34-52-46(36-44)28-27-41-16-5-7-23-50(41)52)48-21-11-19-43(37-48)42-18-10-20-45(35-42)51-25-12-17-39-15-4-6-22-49(39)51/h1-37H. The third kappa shape index (κ3) is 6.12. The van der Waals surface area contributed by atoms with E-state index < -0.39 is 0 Å². The minimum absolute atomic E-state index is 1.10. The predicted octanol–water partition coefficient (Wildman–Crippen LogP) is 15.3. The zero-order valence-electron chi connectivity index (χ0n) is 30.3. The lowest BCUT2D eigenvalue weighted by Crippen LogP contribution is -2.11. The predicted molar refractivity (Wildman–Crippen MR) is 235 cm³/mol. The van der Waals surface area contributed by atoms with E-state index in [0.29, 0.717) is 0 Å². The highest BCUT2D eigenvalue weighted by atomic mass is 15.1. The Kier molecular flexibility index (Phi) is 8.24. The Bertz CT molecular complexity index is 2970. The fourth-order valence-electron chi connectivity index (χ4n) is 8.12. The number of fused-ring (bicyclic) bond motifs is 4. The number of benzene rings is 10. The van der Waals surface area contributed by atoms with Crippen LogP contribution in [-0.2, 0) is 0 Å². The number of hydrogen-bond donors (Lipinski definition) is 0. The number of hydrogen-bond acceptors (Lipinski definition) is 1. The second kappa shape index (κ2) is 14.0. The van der Waals surface area contributed by atoms with Crippen LogP contribution in [0.25, 0.3) is 76.8 Å². The Morgan fingerprint density at radius 1 is 0.236 bits per heavy atom. The molecule has 0 bridgehead atoms. The van der Waals surface area contributed by atoms with Crippen LogP contribution in [0.4, 0.5) is 17.1 Å². The Labute approximate surface area is 322 Å². The average molecular weight is 700 g/mol. The molecular formula is C54H37N. The van der Waals surface area contributed by atoms with Crippen molar-refractivity contribution in [3.8, 4) is 44.5 Å². The third-order valence-corrected chi connectivity index (χ3v) is 10.8. The Morgan fingerprint density at radius 3 is 1.64 bits per heavy atom. The summed E-state index contributed by atoms with van der Waals surface area (Å²) in [5.74, 6) is 0. The molecule has 10 rings (SSSR count). The first-order valence-corrected chi connectivity index (χ1v) is 18.9. The molecule has 0 heterocycles. The SMILES string of the molecule is c1ccc(-c2ccccc2N(c2ccc(-c3ccc4c(ccc5ccccc54)c3)cc2)c2cccc(-c3cccc(-c4cccc5ccccc45)c3)c2)cc1. The summed E-state index contributed by atoms with van der Waals surface area (Å²) >= 11 is 0. The van der Waals surface area contributed by atoms with E-state index in [4.69, 9.17) is 0 Å². The minimum Gasteiger partial charge on any atom is -0.310 e. The Morgan fingerprint density at radius 2 is 0.782 bits per heavy atom. The van der Waals surface area contributed by atoms with Crippen molar-refractivity contribution in [1.29, 1.82) is 0 Å². The van der Waals surface area contributed by atoms with Crippen LogP contribution in [-0.4, -0.2) is 0 Å². The van der Waals surface area contributed by atoms with Gasteiger partial charge in [0, 0.05) is 16.9 Å². The van der Waals surface area contributed by atoms with Gasteiger partial charge < -0.3 is 4.90 Å². The first-order valence-electron chi connectivity index (χ1n) is 18.9. The highest BCUT2D eigenvalue weighted by molar-refractivity contribution is 6.08. The maximum absolute atomic E-state index is 2.40. The lowest BCUT2D eigenvalue weighted by atomic mass is 9.95. The zero-order chi connectivity index (χ0) is 36.6. The van der Waals surface area contributed by atoms with Crippen molar-refractivity contribution in [2.75, 3.05) is 4.90 Å². The van der Waals surface area contributed by atoms with Gasteiger partial charge in [-0.2, -0.15) is 0 Å². The maximum atomic E-state index is 2.40. The fraction of sp³-hybridized carbons (Fsp3) is 0. The summed E-state index contributed by atoms with van der Waals surface area (Å²) < 4.78 is 0. The van der Waals surface area contributed by atoms with E-state index >= 15 is 0 Å². The molecule has 0 atom stereocenters. The third-order valence-electron chi connectivity index (χ3n) is 10.8. The first-order chi connectivity index (χ1) is 27.3. The van der Waals surface area contributed by atoms with E-state index in [1.54, 1.807) is 0 Å². The van der Waals surface area contributed by atoms with Gasteiger partial charge >= 0.3 is 0 Å². The molecule has 10 aromatic carbocycles. The monoisotopic (exact) mass is 699 g/mol. The van der Waals surface area contributed by atoms with Gasteiger partial charge in [-0.25, -0.2) is 0 Å². The molecule has 0 fully saturated rings. The minimum atomic E-state index is 1.10.